The molecule has 0 aliphatic rings. The fourth-order valence-corrected chi connectivity index (χ4v) is 2.98. The lowest BCUT2D eigenvalue weighted by Gasteiger charge is -2.00. The lowest BCUT2D eigenvalue weighted by Crippen LogP contribution is -2.00. The van der Waals surface area contributed by atoms with E-state index in [1.54, 1.807) is 16.9 Å². The van der Waals surface area contributed by atoms with E-state index >= 15 is 0 Å². The number of rotatable bonds is 2. The zero-order chi connectivity index (χ0) is 12.7. The predicted octanol–water partition coefficient (Wildman–Crippen LogP) is 3.23. The molecule has 0 radical (unpaired) electrons. The highest BCUT2D eigenvalue weighted by molar-refractivity contribution is 7.22. The van der Waals surface area contributed by atoms with Crippen molar-refractivity contribution in [2.75, 3.05) is 12.4 Å². The first-order chi connectivity index (χ1) is 8.69. The largest absolute Gasteiger partial charge is 0.371 e. The summed E-state index contributed by atoms with van der Waals surface area (Å²) in [6.45, 7) is 0. The highest BCUT2D eigenvalue weighted by Crippen LogP contribution is 2.35. The molecule has 5 nitrogen and oxygen atoms in total. The van der Waals surface area contributed by atoms with Gasteiger partial charge < -0.3 is 5.32 Å². The Morgan fingerprint density at radius 3 is 2.94 bits per heavy atom. The van der Waals surface area contributed by atoms with Crippen molar-refractivity contribution in [2.45, 2.75) is 0 Å². The van der Waals surface area contributed by atoms with E-state index in [0.29, 0.717) is 10.2 Å². The normalized spacial score (nSPS) is 11.1. The number of nitrogens with zero attached hydrogens (tertiary/aromatic N) is 4. The molecule has 3 heterocycles. The van der Waals surface area contributed by atoms with E-state index < -0.39 is 0 Å². The maximum atomic E-state index is 6.03. The van der Waals surface area contributed by atoms with Crippen molar-refractivity contribution in [3.63, 3.8) is 0 Å². The van der Waals surface area contributed by atoms with Crippen molar-refractivity contribution < 1.29 is 0 Å². The summed E-state index contributed by atoms with van der Waals surface area (Å²) in [4.78, 5) is 8.91. The van der Waals surface area contributed by atoms with Crippen molar-refractivity contribution in [2.24, 2.45) is 0 Å². The Labute approximate surface area is 116 Å². The van der Waals surface area contributed by atoms with Gasteiger partial charge in [0.25, 0.3) is 0 Å². The van der Waals surface area contributed by atoms with Crippen LogP contribution < -0.4 is 5.32 Å². The van der Waals surface area contributed by atoms with Crippen LogP contribution in [0, 0.1) is 0 Å². The number of halogens is 2. The quantitative estimate of drug-likeness (QED) is 0.738. The van der Waals surface area contributed by atoms with Crippen molar-refractivity contribution >= 4 is 50.6 Å². The lowest BCUT2D eigenvalue weighted by atomic mass is 10.4. The molecule has 3 rings (SSSR count). The van der Waals surface area contributed by atoms with Gasteiger partial charge in [0.15, 0.2) is 11.6 Å². The van der Waals surface area contributed by atoms with Gasteiger partial charge in [0.05, 0.1) is 9.72 Å². The molecule has 0 saturated heterocycles. The molecule has 92 valence electrons. The van der Waals surface area contributed by atoms with Gasteiger partial charge in [0.2, 0.25) is 5.28 Å². The maximum Gasteiger partial charge on any atom is 0.224 e. The molecule has 0 aromatic carbocycles. The molecule has 1 N–H and O–H groups in total. The predicted molar refractivity (Wildman–Crippen MR) is 74.1 cm³/mol. The van der Waals surface area contributed by atoms with Crippen molar-refractivity contribution in [3.05, 3.63) is 27.9 Å². The van der Waals surface area contributed by atoms with E-state index in [9.17, 15) is 0 Å². The average Bonchev–Trinajstić information content (AvgIpc) is 2.86. The monoisotopic (exact) mass is 299 g/mol. The molecule has 0 spiro atoms. The third kappa shape index (κ3) is 1.82. The summed E-state index contributed by atoms with van der Waals surface area (Å²) in [6, 6.07) is 3.62. The summed E-state index contributed by atoms with van der Waals surface area (Å²) in [7, 11) is 1.81. The third-order valence-electron chi connectivity index (χ3n) is 2.40. The van der Waals surface area contributed by atoms with Crippen LogP contribution in [0.25, 0.3) is 16.0 Å². The Bertz CT molecular complexity index is 720. The van der Waals surface area contributed by atoms with Crippen LogP contribution in [0.4, 0.5) is 5.82 Å². The van der Waals surface area contributed by atoms with Crippen LogP contribution in [0.1, 0.15) is 0 Å². The molecule has 0 aliphatic carbocycles. The molecule has 0 bridgehead atoms. The van der Waals surface area contributed by atoms with Gasteiger partial charge in [0.1, 0.15) is 4.83 Å². The van der Waals surface area contributed by atoms with Gasteiger partial charge in [-0.2, -0.15) is 4.98 Å². The van der Waals surface area contributed by atoms with E-state index in [-0.39, 0.29) is 5.28 Å². The van der Waals surface area contributed by atoms with Gasteiger partial charge in [0, 0.05) is 19.3 Å². The second kappa shape index (κ2) is 4.38. The first kappa shape index (κ1) is 11.7. The molecule has 0 atom stereocenters. The van der Waals surface area contributed by atoms with E-state index in [4.69, 9.17) is 23.2 Å². The van der Waals surface area contributed by atoms with E-state index in [1.165, 1.54) is 11.3 Å². The molecule has 3 aromatic heterocycles. The molecule has 0 unspecified atom stereocenters. The molecule has 18 heavy (non-hydrogen) atoms. The van der Waals surface area contributed by atoms with Gasteiger partial charge in [-0.3, -0.25) is 0 Å². The summed E-state index contributed by atoms with van der Waals surface area (Å²) in [5.41, 5.74) is 0. The SMILES string of the molecule is CNc1nn(-c2ccnc(Cl)n2)c2sc(Cl)cc12. The minimum atomic E-state index is 0.185. The van der Waals surface area contributed by atoms with Crippen molar-refractivity contribution in [1.29, 1.82) is 0 Å². The summed E-state index contributed by atoms with van der Waals surface area (Å²) in [5.74, 6) is 1.36. The van der Waals surface area contributed by atoms with Crippen LogP contribution in [0.2, 0.25) is 9.62 Å². The lowest BCUT2D eigenvalue weighted by molar-refractivity contribution is 0.873. The number of aromatic nitrogens is 4. The minimum Gasteiger partial charge on any atom is -0.371 e. The van der Waals surface area contributed by atoms with Crippen LogP contribution >= 0.6 is 34.5 Å². The summed E-state index contributed by atoms with van der Waals surface area (Å²) >= 11 is 13.3. The Morgan fingerprint density at radius 1 is 1.39 bits per heavy atom. The van der Waals surface area contributed by atoms with Crippen molar-refractivity contribution in [1.82, 2.24) is 19.7 Å². The van der Waals surface area contributed by atoms with Crippen LogP contribution in [0.3, 0.4) is 0 Å². The maximum absolute atomic E-state index is 6.03. The van der Waals surface area contributed by atoms with Gasteiger partial charge in [-0.05, 0) is 17.7 Å². The highest BCUT2D eigenvalue weighted by Gasteiger charge is 2.15. The fourth-order valence-electron chi connectivity index (χ4n) is 1.66. The van der Waals surface area contributed by atoms with Crippen LogP contribution in [0.15, 0.2) is 18.3 Å². The summed E-state index contributed by atoms with van der Waals surface area (Å²) < 4.78 is 2.40. The molecule has 0 saturated carbocycles. The number of fused-ring (bicyclic) bond motifs is 1. The highest BCUT2D eigenvalue weighted by atomic mass is 35.5. The molecular formula is C10H7Cl2N5S. The Balaban J connectivity index is 2.28. The second-order valence-corrected chi connectivity index (χ2v) is 5.46. The zero-order valence-corrected chi connectivity index (χ0v) is 11.5. The average molecular weight is 300 g/mol. The standard InChI is InChI=1S/C10H7Cl2N5S/c1-13-8-5-4-6(11)18-9(5)17(16-8)7-2-3-14-10(12)15-7/h2-4H,1H3,(H,13,16). The number of anilines is 1. The van der Waals surface area contributed by atoms with Crippen LogP contribution in [-0.4, -0.2) is 26.8 Å². The van der Waals surface area contributed by atoms with E-state index in [2.05, 4.69) is 20.4 Å². The van der Waals surface area contributed by atoms with Crippen LogP contribution in [-0.2, 0) is 0 Å². The number of thiophene rings is 1. The summed E-state index contributed by atoms with van der Waals surface area (Å²) in [5, 5.41) is 8.60. The Hall–Kier alpha value is -1.37. The first-order valence-corrected chi connectivity index (χ1v) is 6.61. The number of hydrogen-bond donors (Lipinski definition) is 1. The molecule has 0 fully saturated rings. The Morgan fingerprint density at radius 2 is 2.22 bits per heavy atom. The van der Waals surface area contributed by atoms with E-state index in [1.807, 2.05) is 13.1 Å². The molecule has 3 aromatic rings. The minimum absolute atomic E-state index is 0.185. The van der Waals surface area contributed by atoms with Gasteiger partial charge in [-0.15, -0.1) is 16.4 Å². The smallest absolute Gasteiger partial charge is 0.224 e. The van der Waals surface area contributed by atoms with Gasteiger partial charge in [-0.25, -0.2) is 9.67 Å². The number of nitrogens with one attached hydrogen (secondary N) is 1. The topological polar surface area (TPSA) is 55.6 Å². The first-order valence-electron chi connectivity index (χ1n) is 5.04. The zero-order valence-electron chi connectivity index (χ0n) is 9.19. The molecule has 0 aliphatic heterocycles. The summed E-state index contributed by atoms with van der Waals surface area (Å²) in [6.07, 6.45) is 1.59. The molecule has 8 heteroatoms. The van der Waals surface area contributed by atoms with Gasteiger partial charge >= 0.3 is 0 Å². The molecular weight excluding hydrogens is 293 g/mol. The molecule has 0 amide bonds. The second-order valence-electron chi connectivity index (χ2n) is 3.46. The number of hydrogen-bond acceptors (Lipinski definition) is 5. The van der Waals surface area contributed by atoms with Crippen LogP contribution in [0.5, 0.6) is 0 Å². The van der Waals surface area contributed by atoms with Gasteiger partial charge in [-0.1, -0.05) is 11.6 Å². The third-order valence-corrected chi connectivity index (χ3v) is 3.82. The fraction of sp³-hybridized carbons (Fsp3) is 0.100. The van der Waals surface area contributed by atoms with Crippen molar-refractivity contribution in [3.8, 4) is 5.82 Å². The van der Waals surface area contributed by atoms with E-state index in [0.717, 1.165) is 16.0 Å². The Kier molecular flexibility index (Phi) is 2.85.